The van der Waals surface area contributed by atoms with Gasteiger partial charge in [0.25, 0.3) is 0 Å². The molecule has 0 fully saturated rings. The van der Waals surface area contributed by atoms with E-state index in [4.69, 9.17) is 4.42 Å². The fraction of sp³-hybridized carbons (Fsp3) is 0.125. The first-order valence-electron chi connectivity index (χ1n) is 6.32. The summed E-state index contributed by atoms with van der Waals surface area (Å²) < 4.78 is 10.2. The molecule has 0 spiro atoms. The summed E-state index contributed by atoms with van der Waals surface area (Å²) in [5, 5.41) is 2.91. The van der Waals surface area contributed by atoms with Crippen LogP contribution in [0.2, 0.25) is 0 Å². The summed E-state index contributed by atoms with van der Waals surface area (Å²) in [5.41, 5.74) is 2.68. The lowest BCUT2D eigenvalue weighted by Crippen LogP contribution is -2.14. The van der Waals surface area contributed by atoms with Gasteiger partial charge >= 0.3 is 5.97 Å². The summed E-state index contributed by atoms with van der Waals surface area (Å²) in [5.74, 6) is -1.41. The van der Waals surface area contributed by atoms with Crippen LogP contribution >= 0.6 is 11.3 Å². The van der Waals surface area contributed by atoms with E-state index in [1.165, 1.54) is 18.4 Å². The molecule has 2 aromatic heterocycles. The summed E-state index contributed by atoms with van der Waals surface area (Å²) in [6.07, 6.45) is 2.29. The number of ether oxygens (including phenoxy) is 1. The molecule has 1 atom stereocenters. The van der Waals surface area contributed by atoms with Gasteiger partial charge in [0.1, 0.15) is 17.8 Å². The van der Waals surface area contributed by atoms with Gasteiger partial charge in [-0.05, 0) is 23.1 Å². The van der Waals surface area contributed by atoms with Crippen molar-refractivity contribution in [3.63, 3.8) is 0 Å². The summed E-state index contributed by atoms with van der Waals surface area (Å²) in [6, 6.07) is 9.56. The molecule has 3 rings (SSSR count). The van der Waals surface area contributed by atoms with Crippen molar-refractivity contribution in [2.24, 2.45) is 0 Å². The largest absolute Gasteiger partial charge is 0.468 e. The average Bonchev–Trinajstić information content (AvgIpc) is 3.14. The zero-order chi connectivity index (χ0) is 14.8. The Morgan fingerprint density at radius 1 is 1.38 bits per heavy atom. The van der Waals surface area contributed by atoms with Crippen molar-refractivity contribution in [3.8, 4) is 11.1 Å². The lowest BCUT2D eigenvalue weighted by atomic mass is 10.0. The normalized spacial score (nSPS) is 12.2. The molecule has 0 amide bonds. The van der Waals surface area contributed by atoms with E-state index in [-0.39, 0.29) is 0 Å². The number of para-hydroxylation sites is 1. The van der Waals surface area contributed by atoms with E-state index in [1.54, 1.807) is 6.26 Å². The molecule has 21 heavy (non-hydrogen) atoms. The molecule has 106 valence electrons. The highest BCUT2D eigenvalue weighted by molar-refractivity contribution is 7.10. The highest BCUT2D eigenvalue weighted by atomic mass is 32.1. The fourth-order valence-corrected chi connectivity index (χ4v) is 3.18. The van der Waals surface area contributed by atoms with E-state index in [2.05, 4.69) is 4.74 Å². The maximum atomic E-state index is 11.6. The third kappa shape index (κ3) is 2.36. The van der Waals surface area contributed by atoms with Gasteiger partial charge in [-0.2, -0.15) is 0 Å². The third-order valence-electron chi connectivity index (χ3n) is 3.31. The summed E-state index contributed by atoms with van der Waals surface area (Å²) in [4.78, 5) is 23.4. The van der Waals surface area contributed by atoms with Gasteiger partial charge in [-0.3, -0.25) is 4.79 Å². The second-order valence-electron chi connectivity index (χ2n) is 4.52. The maximum absolute atomic E-state index is 11.6. The smallest absolute Gasteiger partial charge is 0.321 e. The zero-order valence-corrected chi connectivity index (χ0v) is 12.1. The minimum atomic E-state index is -0.869. The molecule has 1 aromatic carbocycles. The van der Waals surface area contributed by atoms with Crippen molar-refractivity contribution in [1.82, 2.24) is 0 Å². The number of carbonyl (C=O) groups excluding carboxylic acids is 2. The van der Waals surface area contributed by atoms with Crippen LogP contribution in [0.4, 0.5) is 0 Å². The lowest BCUT2D eigenvalue weighted by Gasteiger charge is -2.04. The van der Waals surface area contributed by atoms with Gasteiger partial charge in [0.15, 0.2) is 0 Å². The number of fused-ring (bicyclic) bond motifs is 1. The first-order chi connectivity index (χ1) is 10.2. The summed E-state index contributed by atoms with van der Waals surface area (Å²) in [7, 11) is 1.27. The molecular weight excluding hydrogens is 288 g/mol. The molecular formula is C16H12O4S. The van der Waals surface area contributed by atoms with Crippen LogP contribution in [0.15, 0.2) is 46.4 Å². The van der Waals surface area contributed by atoms with Crippen molar-refractivity contribution in [3.05, 3.63) is 46.9 Å². The molecule has 0 aliphatic carbocycles. The number of aldehydes is 1. The van der Waals surface area contributed by atoms with E-state index in [9.17, 15) is 9.59 Å². The highest BCUT2D eigenvalue weighted by Crippen LogP contribution is 2.35. The quantitative estimate of drug-likeness (QED) is 0.419. The number of carbonyl (C=O) groups is 2. The van der Waals surface area contributed by atoms with Gasteiger partial charge in [0, 0.05) is 15.8 Å². The molecule has 5 heteroatoms. The first-order valence-corrected chi connectivity index (χ1v) is 7.20. The Morgan fingerprint density at radius 2 is 2.19 bits per heavy atom. The number of benzene rings is 1. The van der Waals surface area contributed by atoms with Gasteiger partial charge in [-0.25, -0.2) is 0 Å². The highest BCUT2D eigenvalue weighted by Gasteiger charge is 2.23. The van der Waals surface area contributed by atoms with Gasteiger partial charge < -0.3 is 13.9 Å². The Labute approximate surface area is 125 Å². The predicted molar refractivity (Wildman–Crippen MR) is 80.3 cm³/mol. The van der Waals surface area contributed by atoms with Gasteiger partial charge in [-0.15, -0.1) is 11.3 Å². The average molecular weight is 300 g/mol. The number of rotatable bonds is 4. The summed E-state index contributed by atoms with van der Waals surface area (Å²) in [6.45, 7) is 0. The second kappa shape index (κ2) is 5.54. The van der Waals surface area contributed by atoms with Gasteiger partial charge in [-0.1, -0.05) is 18.2 Å². The van der Waals surface area contributed by atoms with Crippen LogP contribution in [0.5, 0.6) is 0 Å². The van der Waals surface area contributed by atoms with E-state index < -0.39 is 11.9 Å². The number of methoxy groups -OCH3 is 1. The Kier molecular flexibility index (Phi) is 3.58. The molecule has 2 heterocycles. The van der Waals surface area contributed by atoms with Crippen LogP contribution in [-0.4, -0.2) is 19.4 Å². The van der Waals surface area contributed by atoms with Crippen molar-refractivity contribution in [2.75, 3.05) is 7.11 Å². The summed E-state index contributed by atoms with van der Waals surface area (Å²) >= 11 is 1.36. The van der Waals surface area contributed by atoms with Crippen molar-refractivity contribution >= 4 is 34.6 Å². The van der Waals surface area contributed by atoms with Gasteiger partial charge in [0.05, 0.1) is 13.4 Å². The SMILES string of the molecule is COC(=O)C(C=O)c1cc(-c2coc3ccccc23)cs1. The monoisotopic (exact) mass is 300 g/mol. The van der Waals surface area contributed by atoms with E-state index >= 15 is 0 Å². The fourth-order valence-electron chi connectivity index (χ4n) is 2.22. The molecule has 0 radical (unpaired) electrons. The maximum Gasteiger partial charge on any atom is 0.321 e. The van der Waals surface area contributed by atoms with E-state index in [0.717, 1.165) is 22.1 Å². The predicted octanol–water partition coefficient (Wildman–Crippen LogP) is 3.62. The second-order valence-corrected chi connectivity index (χ2v) is 5.46. The van der Waals surface area contributed by atoms with Crippen LogP contribution in [0.25, 0.3) is 22.1 Å². The number of furan rings is 1. The van der Waals surface area contributed by atoms with Crippen molar-refractivity contribution < 1.29 is 18.7 Å². The standard InChI is InChI=1S/C16H12O4S/c1-19-16(18)12(7-17)15-6-10(9-21-15)13-8-20-14-5-3-2-4-11(13)14/h2-9,12H,1H3. The molecule has 1 unspecified atom stereocenters. The molecule has 0 saturated heterocycles. The Bertz CT molecular complexity index is 799. The van der Waals surface area contributed by atoms with Crippen molar-refractivity contribution in [2.45, 2.75) is 5.92 Å². The number of hydrogen-bond acceptors (Lipinski definition) is 5. The van der Waals surface area contributed by atoms with Crippen molar-refractivity contribution in [1.29, 1.82) is 0 Å². The van der Waals surface area contributed by atoms with E-state index in [1.807, 2.05) is 35.7 Å². The van der Waals surface area contributed by atoms with Gasteiger partial charge in [0.2, 0.25) is 0 Å². The first kappa shape index (κ1) is 13.6. The van der Waals surface area contributed by atoms with E-state index in [0.29, 0.717) is 11.2 Å². The topological polar surface area (TPSA) is 56.5 Å². The van der Waals surface area contributed by atoms with Crippen LogP contribution in [0.3, 0.4) is 0 Å². The molecule has 4 nitrogen and oxygen atoms in total. The number of hydrogen-bond donors (Lipinski definition) is 0. The molecule has 3 aromatic rings. The molecule has 0 N–H and O–H groups in total. The van der Waals surface area contributed by atoms with Crippen LogP contribution in [-0.2, 0) is 14.3 Å². The Hall–Kier alpha value is -2.40. The molecule has 0 bridgehead atoms. The lowest BCUT2D eigenvalue weighted by molar-refractivity contribution is -0.143. The van der Waals surface area contributed by atoms with Crippen LogP contribution in [0.1, 0.15) is 10.8 Å². The number of esters is 1. The molecule has 0 saturated carbocycles. The Morgan fingerprint density at radius 3 is 2.95 bits per heavy atom. The number of thiophene rings is 1. The zero-order valence-electron chi connectivity index (χ0n) is 11.2. The minimum Gasteiger partial charge on any atom is -0.468 e. The third-order valence-corrected chi connectivity index (χ3v) is 4.33. The van der Waals surface area contributed by atoms with Crippen LogP contribution < -0.4 is 0 Å². The molecule has 0 aliphatic rings. The molecule has 0 aliphatic heterocycles. The Balaban J connectivity index is 2.02. The van der Waals surface area contributed by atoms with Crippen LogP contribution in [0, 0.1) is 0 Å². The minimum absolute atomic E-state index is 0.546.